The van der Waals surface area contributed by atoms with Crippen molar-refractivity contribution in [3.63, 3.8) is 0 Å². The highest BCUT2D eigenvalue weighted by molar-refractivity contribution is 5.75. The first-order valence-corrected chi connectivity index (χ1v) is 11.6. The maximum absolute atomic E-state index is 11.5. The van der Waals surface area contributed by atoms with Crippen LogP contribution in [0.2, 0.25) is 0 Å². The maximum Gasteiger partial charge on any atom is 0.308 e. The van der Waals surface area contributed by atoms with Crippen molar-refractivity contribution in [1.29, 1.82) is 0 Å². The van der Waals surface area contributed by atoms with Crippen molar-refractivity contribution in [3.8, 4) is 5.75 Å². The summed E-state index contributed by atoms with van der Waals surface area (Å²) in [6.07, 6.45) is 5.50. The lowest BCUT2D eigenvalue weighted by Crippen LogP contribution is -2.08. The first kappa shape index (κ1) is 21.8. The van der Waals surface area contributed by atoms with Gasteiger partial charge in [0.15, 0.2) is 5.82 Å². The van der Waals surface area contributed by atoms with Crippen molar-refractivity contribution in [2.24, 2.45) is 0 Å². The van der Waals surface area contributed by atoms with Gasteiger partial charge in [-0.1, -0.05) is 84.0 Å². The number of aryl methyl sites for hydroxylation is 1. The van der Waals surface area contributed by atoms with Gasteiger partial charge in [0.25, 0.3) is 0 Å². The molecule has 0 radical (unpaired) electrons. The van der Waals surface area contributed by atoms with Crippen LogP contribution >= 0.6 is 0 Å². The van der Waals surface area contributed by atoms with Crippen molar-refractivity contribution >= 4 is 11.5 Å². The molecular formula is C29H26N2O3. The Labute approximate surface area is 199 Å². The fourth-order valence-electron chi connectivity index (χ4n) is 4.61. The summed E-state index contributed by atoms with van der Waals surface area (Å²) < 4.78 is 11.2. The van der Waals surface area contributed by atoms with E-state index in [-0.39, 0.29) is 11.9 Å². The van der Waals surface area contributed by atoms with Crippen molar-refractivity contribution in [2.75, 3.05) is 0 Å². The van der Waals surface area contributed by atoms with Gasteiger partial charge in [-0.05, 0) is 47.6 Å². The quantitative estimate of drug-likeness (QED) is 0.250. The van der Waals surface area contributed by atoms with Gasteiger partial charge in [0.2, 0.25) is 5.89 Å². The van der Waals surface area contributed by atoms with Gasteiger partial charge < -0.3 is 9.26 Å². The van der Waals surface area contributed by atoms with Gasteiger partial charge in [-0.2, -0.15) is 4.98 Å². The van der Waals surface area contributed by atoms with Gasteiger partial charge in [-0.15, -0.1) is 0 Å². The summed E-state index contributed by atoms with van der Waals surface area (Å²) in [5, 5.41) is 4.30. The molecule has 1 aliphatic rings. The Kier molecular flexibility index (Phi) is 6.34. The van der Waals surface area contributed by atoms with Crippen LogP contribution in [0.4, 0.5) is 0 Å². The number of carbonyl (C=O) groups is 1. The molecule has 1 aromatic heterocycles. The molecule has 34 heavy (non-hydrogen) atoms. The largest absolute Gasteiger partial charge is 0.426 e. The van der Waals surface area contributed by atoms with Crippen LogP contribution in [-0.2, 0) is 17.6 Å². The summed E-state index contributed by atoms with van der Waals surface area (Å²) in [5.74, 6) is 1.55. The molecule has 4 aromatic rings. The lowest BCUT2D eigenvalue weighted by Gasteiger charge is -2.20. The van der Waals surface area contributed by atoms with E-state index in [0.717, 1.165) is 41.5 Å². The Bertz CT molecular complexity index is 1270. The summed E-state index contributed by atoms with van der Waals surface area (Å²) in [4.78, 5) is 16.3. The fourth-order valence-corrected chi connectivity index (χ4v) is 4.61. The van der Waals surface area contributed by atoms with Gasteiger partial charge in [0.1, 0.15) is 5.75 Å². The molecular weight excluding hydrogens is 424 g/mol. The van der Waals surface area contributed by atoms with Crippen LogP contribution < -0.4 is 4.74 Å². The number of aromatic nitrogens is 2. The van der Waals surface area contributed by atoms with Crippen LogP contribution in [-0.4, -0.2) is 16.1 Å². The minimum absolute atomic E-state index is 0.107. The molecule has 5 rings (SSSR count). The van der Waals surface area contributed by atoms with Crippen molar-refractivity contribution < 1.29 is 14.1 Å². The molecule has 1 heterocycles. The summed E-state index contributed by atoms with van der Waals surface area (Å²) in [7, 11) is 0. The Morgan fingerprint density at radius 1 is 0.941 bits per heavy atom. The molecule has 170 valence electrons. The summed E-state index contributed by atoms with van der Waals surface area (Å²) in [6.45, 7) is 1.44. The molecule has 0 bridgehead atoms. The molecule has 0 atom stereocenters. The summed E-state index contributed by atoms with van der Waals surface area (Å²) in [6, 6.07) is 26.4. The number of ether oxygens (including phenoxy) is 1. The zero-order valence-electron chi connectivity index (χ0n) is 19.1. The van der Waals surface area contributed by atoms with E-state index in [1.165, 1.54) is 12.5 Å². The monoisotopic (exact) mass is 450 g/mol. The van der Waals surface area contributed by atoms with Gasteiger partial charge in [0.05, 0.1) is 5.92 Å². The molecule has 0 fully saturated rings. The highest BCUT2D eigenvalue weighted by Gasteiger charge is 2.23. The maximum atomic E-state index is 11.5. The van der Waals surface area contributed by atoms with Gasteiger partial charge in [-0.25, -0.2) is 0 Å². The number of rotatable bonds is 7. The Hall–Kier alpha value is -3.99. The van der Waals surface area contributed by atoms with Crippen LogP contribution in [0, 0.1) is 0 Å². The molecule has 0 saturated heterocycles. The number of esters is 1. The number of hydrogen-bond acceptors (Lipinski definition) is 5. The van der Waals surface area contributed by atoms with E-state index in [1.807, 2.05) is 48.5 Å². The van der Waals surface area contributed by atoms with Crippen molar-refractivity contribution in [3.05, 3.63) is 119 Å². The van der Waals surface area contributed by atoms with Crippen LogP contribution in [0.25, 0.3) is 5.57 Å². The molecule has 5 nitrogen and oxygen atoms in total. The van der Waals surface area contributed by atoms with E-state index >= 15 is 0 Å². The number of benzene rings is 3. The highest BCUT2D eigenvalue weighted by atomic mass is 16.5. The summed E-state index contributed by atoms with van der Waals surface area (Å²) in [5.41, 5.74) is 5.69. The van der Waals surface area contributed by atoms with E-state index in [9.17, 15) is 4.79 Å². The minimum Gasteiger partial charge on any atom is -0.426 e. The minimum atomic E-state index is -0.296. The van der Waals surface area contributed by atoms with E-state index in [2.05, 4.69) is 41.6 Å². The van der Waals surface area contributed by atoms with Crippen molar-refractivity contribution in [2.45, 2.75) is 38.5 Å². The lowest BCUT2D eigenvalue weighted by molar-refractivity contribution is -0.131. The third-order valence-electron chi connectivity index (χ3n) is 6.13. The summed E-state index contributed by atoms with van der Waals surface area (Å²) >= 11 is 0. The molecule has 0 saturated carbocycles. The topological polar surface area (TPSA) is 65.2 Å². The van der Waals surface area contributed by atoms with Crippen LogP contribution in [0.1, 0.15) is 59.7 Å². The van der Waals surface area contributed by atoms with Gasteiger partial charge in [0, 0.05) is 18.9 Å². The number of hydrogen-bond donors (Lipinski definition) is 0. The second-order valence-electron chi connectivity index (χ2n) is 8.45. The third kappa shape index (κ3) is 4.69. The Morgan fingerprint density at radius 2 is 1.65 bits per heavy atom. The number of fused-ring (bicyclic) bond motifs is 1. The highest BCUT2D eigenvalue weighted by Crippen LogP contribution is 2.35. The lowest BCUT2D eigenvalue weighted by atomic mass is 9.88. The standard InChI is InChI=1S/C29H26N2O3/c1-20(32)33-26-17-9-15-24-21(14-8-16-25(24)26)18-19-27-30-29(34-31-27)28(22-10-4-2-5-11-22)23-12-6-3-7-13-23/h2-7,9-15,17,28H,8,16,18-19H2,1H3. The SMILES string of the molecule is CC(=O)Oc1cccc2c1CCC=C2CCc1noc(C(c2ccccc2)c2ccccc2)n1. The molecule has 3 aromatic carbocycles. The van der Waals surface area contributed by atoms with Crippen LogP contribution in [0.3, 0.4) is 0 Å². The van der Waals surface area contributed by atoms with Crippen molar-refractivity contribution in [1.82, 2.24) is 10.1 Å². The molecule has 1 aliphatic carbocycles. The number of nitrogens with zero attached hydrogens (tertiary/aromatic N) is 2. The second-order valence-corrected chi connectivity index (χ2v) is 8.45. The smallest absolute Gasteiger partial charge is 0.308 e. The average Bonchev–Trinajstić information content (AvgIpc) is 3.32. The second kappa shape index (κ2) is 9.87. The Balaban J connectivity index is 1.36. The first-order chi connectivity index (χ1) is 16.7. The number of carbonyl (C=O) groups excluding carboxylic acids is 1. The van der Waals surface area contributed by atoms with E-state index in [1.54, 1.807) is 0 Å². The predicted octanol–water partition coefficient (Wildman–Crippen LogP) is 6.14. The zero-order chi connectivity index (χ0) is 23.3. The molecule has 0 unspecified atom stereocenters. The molecule has 5 heteroatoms. The molecule has 0 N–H and O–H groups in total. The molecule has 0 amide bonds. The van der Waals surface area contributed by atoms with E-state index in [0.29, 0.717) is 23.9 Å². The molecule has 0 spiro atoms. The third-order valence-corrected chi connectivity index (χ3v) is 6.13. The fraction of sp³-hybridized carbons (Fsp3) is 0.207. The normalized spacial score (nSPS) is 12.8. The van der Waals surface area contributed by atoms with E-state index in [4.69, 9.17) is 14.2 Å². The number of allylic oxidation sites excluding steroid dienone is 2. The van der Waals surface area contributed by atoms with Crippen LogP contribution in [0.15, 0.2) is 89.5 Å². The van der Waals surface area contributed by atoms with Gasteiger partial charge >= 0.3 is 5.97 Å². The Morgan fingerprint density at radius 3 is 2.32 bits per heavy atom. The van der Waals surface area contributed by atoms with Crippen LogP contribution in [0.5, 0.6) is 5.75 Å². The average molecular weight is 451 g/mol. The zero-order valence-corrected chi connectivity index (χ0v) is 19.1. The van der Waals surface area contributed by atoms with Gasteiger partial charge in [-0.3, -0.25) is 4.79 Å². The predicted molar refractivity (Wildman–Crippen MR) is 130 cm³/mol. The van der Waals surface area contributed by atoms with E-state index < -0.39 is 0 Å². The molecule has 0 aliphatic heterocycles. The first-order valence-electron chi connectivity index (χ1n) is 11.6.